The number of unbranched alkanes of at least 4 members (excludes halogenated alkanes) is 1. The average Bonchev–Trinajstić information content (AvgIpc) is 2.34. The Morgan fingerprint density at radius 2 is 2.41 bits per heavy atom. The Kier molecular flexibility index (Phi) is 5.76. The fourth-order valence-corrected chi connectivity index (χ4v) is 1.94. The van der Waals surface area contributed by atoms with Crippen LogP contribution in [0.25, 0.3) is 0 Å². The van der Waals surface area contributed by atoms with Crippen LogP contribution in [-0.4, -0.2) is 42.4 Å². The number of carbonyl (C=O) groups excluding carboxylic acids is 1. The summed E-state index contributed by atoms with van der Waals surface area (Å²) in [4.78, 5) is 18.1. The van der Waals surface area contributed by atoms with Gasteiger partial charge in [0.15, 0.2) is 0 Å². The van der Waals surface area contributed by atoms with E-state index >= 15 is 0 Å². The van der Waals surface area contributed by atoms with Crippen molar-refractivity contribution >= 4 is 11.9 Å². The van der Waals surface area contributed by atoms with Crippen molar-refractivity contribution in [3.05, 3.63) is 0 Å². The lowest BCUT2D eigenvalue weighted by Crippen LogP contribution is -2.60. The Balaban J connectivity index is 2.71. The van der Waals surface area contributed by atoms with E-state index in [1.54, 1.807) is 0 Å². The third kappa shape index (κ3) is 3.59. The molecule has 0 radical (unpaired) electrons. The largest absolute Gasteiger partial charge is 0.353 e. The van der Waals surface area contributed by atoms with Crippen LogP contribution in [0.2, 0.25) is 0 Å². The standard InChI is InChI=1S/C11H23N5O/c1-3-5-6-14-11(15-12)16-8-7-13-10(17)9(16)4-2/h9H,3-8,12H2,1-2H3,(H,13,17)(H,14,15). The van der Waals surface area contributed by atoms with Gasteiger partial charge < -0.3 is 10.2 Å². The topological polar surface area (TPSA) is 82.8 Å². The number of nitrogens with one attached hydrogen (secondary N) is 2. The summed E-state index contributed by atoms with van der Waals surface area (Å²) in [6.45, 7) is 6.24. The van der Waals surface area contributed by atoms with Crippen LogP contribution in [-0.2, 0) is 4.79 Å². The van der Waals surface area contributed by atoms with E-state index in [9.17, 15) is 4.79 Å². The first-order chi connectivity index (χ1) is 8.24. The van der Waals surface area contributed by atoms with Gasteiger partial charge in [-0.3, -0.25) is 15.2 Å². The molecule has 1 atom stereocenters. The molecule has 1 saturated heterocycles. The maximum absolute atomic E-state index is 11.7. The van der Waals surface area contributed by atoms with E-state index in [0.29, 0.717) is 12.5 Å². The highest BCUT2D eigenvalue weighted by Gasteiger charge is 2.29. The molecule has 1 rings (SSSR count). The predicted octanol–water partition coefficient (Wildman–Crippen LogP) is -0.184. The predicted molar refractivity (Wildman–Crippen MR) is 68.3 cm³/mol. The van der Waals surface area contributed by atoms with Gasteiger partial charge in [-0.25, -0.2) is 5.84 Å². The fraction of sp³-hybridized carbons (Fsp3) is 0.818. The molecular weight excluding hydrogens is 218 g/mol. The molecule has 0 aromatic carbocycles. The van der Waals surface area contributed by atoms with Gasteiger partial charge in [0.1, 0.15) is 6.04 Å². The lowest BCUT2D eigenvalue weighted by atomic mass is 10.1. The first-order valence-corrected chi connectivity index (χ1v) is 6.30. The average molecular weight is 241 g/mol. The molecule has 4 N–H and O–H groups in total. The van der Waals surface area contributed by atoms with Gasteiger partial charge in [0.25, 0.3) is 0 Å². The minimum atomic E-state index is -0.167. The van der Waals surface area contributed by atoms with Crippen molar-refractivity contribution in [2.75, 3.05) is 19.6 Å². The third-order valence-corrected chi connectivity index (χ3v) is 2.89. The first-order valence-electron chi connectivity index (χ1n) is 6.30. The molecule has 1 aliphatic heterocycles. The second-order valence-corrected chi connectivity index (χ2v) is 4.11. The molecule has 1 fully saturated rings. The summed E-state index contributed by atoms with van der Waals surface area (Å²) in [5.74, 6) is 6.17. The minimum Gasteiger partial charge on any atom is -0.353 e. The molecular formula is C11H23N5O. The summed E-state index contributed by atoms with van der Waals surface area (Å²) in [5.41, 5.74) is 2.61. The van der Waals surface area contributed by atoms with Crippen LogP contribution < -0.4 is 16.6 Å². The van der Waals surface area contributed by atoms with E-state index in [0.717, 1.165) is 32.4 Å². The van der Waals surface area contributed by atoms with E-state index in [1.807, 2.05) is 11.8 Å². The zero-order valence-electron chi connectivity index (χ0n) is 10.7. The number of amides is 1. The maximum Gasteiger partial charge on any atom is 0.242 e. The van der Waals surface area contributed by atoms with Crippen molar-refractivity contribution < 1.29 is 4.79 Å². The second-order valence-electron chi connectivity index (χ2n) is 4.11. The summed E-state index contributed by atoms with van der Waals surface area (Å²) < 4.78 is 0. The number of nitrogens with two attached hydrogens (primary N) is 1. The number of nitrogens with zero attached hydrogens (tertiary/aromatic N) is 2. The molecule has 17 heavy (non-hydrogen) atoms. The van der Waals surface area contributed by atoms with E-state index in [-0.39, 0.29) is 11.9 Å². The van der Waals surface area contributed by atoms with Crippen molar-refractivity contribution in [3.63, 3.8) is 0 Å². The molecule has 0 saturated carbocycles. The van der Waals surface area contributed by atoms with Gasteiger partial charge in [-0.05, 0) is 12.8 Å². The highest BCUT2D eigenvalue weighted by atomic mass is 16.2. The number of hydrazine groups is 1. The van der Waals surface area contributed by atoms with Gasteiger partial charge in [0.05, 0.1) is 0 Å². The monoisotopic (exact) mass is 241 g/mol. The van der Waals surface area contributed by atoms with Gasteiger partial charge >= 0.3 is 0 Å². The van der Waals surface area contributed by atoms with Crippen LogP contribution in [0.5, 0.6) is 0 Å². The van der Waals surface area contributed by atoms with Crippen LogP contribution in [0.15, 0.2) is 4.99 Å². The number of rotatable bonds is 4. The number of carbonyl (C=O) groups is 1. The van der Waals surface area contributed by atoms with Crippen molar-refractivity contribution in [2.45, 2.75) is 39.2 Å². The number of hydrogen-bond acceptors (Lipinski definition) is 3. The highest BCUT2D eigenvalue weighted by Crippen LogP contribution is 2.08. The summed E-state index contributed by atoms with van der Waals surface area (Å²) in [7, 11) is 0. The second kappa shape index (κ2) is 7.11. The number of hydrogen-bond donors (Lipinski definition) is 3. The van der Waals surface area contributed by atoms with Crippen LogP contribution in [0.4, 0.5) is 0 Å². The van der Waals surface area contributed by atoms with Crippen LogP contribution in [0.1, 0.15) is 33.1 Å². The molecule has 0 aromatic heterocycles. The zero-order chi connectivity index (χ0) is 12.7. The van der Waals surface area contributed by atoms with Gasteiger partial charge in [-0.2, -0.15) is 0 Å². The normalized spacial score (nSPS) is 21.4. The Bertz CT molecular complexity index is 279. The minimum absolute atomic E-state index is 0.0530. The highest BCUT2D eigenvalue weighted by molar-refractivity contribution is 5.89. The number of guanidine groups is 1. The molecule has 1 heterocycles. The van der Waals surface area contributed by atoms with Crippen LogP contribution in [0.3, 0.4) is 0 Å². The molecule has 1 amide bonds. The molecule has 1 aliphatic rings. The van der Waals surface area contributed by atoms with Gasteiger partial charge in [-0.1, -0.05) is 20.3 Å². The molecule has 0 aromatic rings. The smallest absolute Gasteiger partial charge is 0.242 e. The maximum atomic E-state index is 11.7. The molecule has 1 unspecified atom stereocenters. The Hall–Kier alpha value is -1.30. The van der Waals surface area contributed by atoms with Gasteiger partial charge in [0.2, 0.25) is 11.9 Å². The molecule has 6 nitrogen and oxygen atoms in total. The summed E-state index contributed by atoms with van der Waals surface area (Å²) in [6.07, 6.45) is 2.88. The molecule has 98 valence electrons. The molecule has 0 bridgehead atoms. The van der Waals surface area contributed by atoms with Crippen LogP contribution >= 0.6 is 0 Å². The van der Waals surface area contributed by atoms with E-state index in [1.165, 1.54) is 0 Å². The quantitative estimate of drug-likeness (QED) is 0.210. The van der Waals surface area contributed by atoms with Gasteiger partial charge in [-0.15, -0.1) is 0 Å². The van der Waals surface area contributed by atoms with E-state index < -0.39 is 0 Å². The molecule has 0 aliphatic carbocycles. The first kappa shape index (κ1) is 13.8. The van der Waals surface area contributed by atoms with Gasteiger partial charge in [0, 0.05) is 19.6 Å². The zero-order valence-corrected chi connectivity index (χ0v) is 10.7. The van der Waals surface area contributed by atoms with Crippen molar-refractivity contribution in [1.29, 1.82) is 0 Å². The number of aliphatic imine (C=N–C) groups is 1. The lowest BCUT2D eigenvalue weighted by Gasteiger charge is -2.36. The Labute approximate surface area is 103 Å². The SMILES string of the molecule is CCCCN=C(NN)N1CCNC(=O)C1CC. The summed E-state index contributed by atoms with van der Waals surface area (Å²) >= 11 is 0. The Morgan fingerprint density at radius 3 is 3.00 bits per heavy atom. The van der Waals surface area contributed by atoms with Crippen LogP contribution in [0, 0.1) is 0 Å². The van der Waals surface area contributed by atoms with Crippen molar-refractivity contribution in [2.24, 2.45) is 10.8 Å². The van der Waals surface area contributed by atoms with E-state index in [4.69, 9.17) is 5.84 Å². The fourth-order valence-electron chi connectivity index (χ4n) is 1.94. The summed E-state index contributed by atoms with van der Waals surface area (Å²) in [6, 6.07) is -0.167. The van der Waals surface area contributed by atoms with E-state index in [2.05, 4.69) is 22.7 Å². The molecule has 6 heteroatoms. The Morgan fingerprint density at radius 1 is 1.65 bits per heavy atom. The molecule has 0 spiro atoms. The van der Waals surface area contributed by atoms with Crippen molar-refractivity contribution in [3.8, 4) is 0 Å². The summed E-state index contributed by atoms with van der Waals surface area (Å²) in [5, 5.41) is 2.86. The van der Waals surface area contributed by atoms with Crippen molar-refractivity contribution in [1.82, 2.24) is 15.6 Å². The number of piperazine rings is 1. The lowest BCUT2D eigenvalue weighted by molar-refractivity contribution is -0.127. The third-order valence-electron chi connectivity index (χ3n) is 2.89.